The minimum absolute atomic E-state index is 0.502. The summed E-state index contributed by atoms with van der Waals surface area (Å²) in [6, 6.07) is 5.92. The Bertz CT molecular complexity index is 407. The van der Waals surface area contributed by atoms with E-state index >= 15 is 0 Å². The standard InChI is InChI=1S/C14H18O2/c1-10-7-8-13(16-2)12(9-10)14(15)11-5-3-4-6-11/h5,7-9,14-15H,3-4,6H2,1-2H3. The average molecular weight is 218 g/mol. The fraction of sp³-hybridized carbons (Fsp3) is 0.429. The number of aliphatic hydroxyl groups excluding tert-OH is 1. The maximum Gasteiger partial charge on any atom is 0.125 e. The molecule has 0 spiro atoms. The van der Waals surface area contributed by atoms with Gasteiger partial charge >= 0.3 is 0 Å². The summed E-state index contributed by atoms with van der Waals surface area (Å²) in [5, 5.41) is 10.3. The van der Waals surface area contributed by atoms with Gasteiger partial charge in [-0.05, 0) is 43.9 Å². The number of benzene rings is 1. The van der Waals surface area contributed by atoms with E-state index in [1.165, 1.54) is 0 Å². The zero-order chi connectivity index (χ0) is 11.5. The number of methoxy groups -OCH3 is 1. The molecule has 0 aliphatic heterocycles. The highest BCUT2D eigenvalue weighted by Crippen LogP contribution is 2.35. The summed E-state index contributed by atoms with van der Waals surface area (Å²) < 4.78 is 5.29. The van der Waals surface area contributed by atoms with Crippen LogP contribution in [0.15, 0.2) is 29.8 Å². The Kier molecular flexibility index (Phi) is 3.30. The zero-order valence-corrected chi connectivity index (χ0v) is 9.86. The van der Waals surface area contributed by atoms with E-state index in [4.69, 9.17) is 4.74 Å². The maximum atomic E-state index is 10.3. The van der Waals surface area contributed by atoms with Crippen LogP contribution in [0.4, 0.5) is 0 Å². The van der Waals surface area contributed by atoms with Crippen molar-refractivity contribution in [3.05, 3.63) is 41.0 Å². The normalized spacial score (nSPS) is 17.1. The van der Waals surface area contributed by atoms with E-state index < -0.39 is 6.10 Å². The van der Waals surface area contributed by atoms with Gasteiger partial charge in [-0.25, -0.2) is 0 Å². The van der Waals surface area contributed by atoms with Gasteiger partial charge in [-0.1, -0.05) is 17.7 Å². The molecule has 0 amide bonds. The quantitative estimate of drug-likeness (QED) is 0.790. The van der Waals surface area contributed by atoms with Crippen LogP contribution < -0.4 is 4.74 Å². The Balaban J connectivity index is 2.34. The lowest BCUT2D eigenvalue weighted by atomic mass is 9.98. The van der Waals surface area contributed by atoms with E-state index in [9.17, 15) is 5.11 Å². The summed E-state index contributed by atoms with van der Waals surface area (Å²) in [6.45, 7) is 2.03. The van der Waals surface area contributed by atoms with Gasteiger partial charge in [-0.3, -0.25) is 0 Å². The first-order valence-corrected chi connectivity index (χ1v) is 5.74. The van der Waals surface area contributed by atoms with Crippen molar-refractivity contribution in [1.29, 1.82) is 0 Å². The summed E-state index contributed by atoms with van der Waals surface area (Å²) in [5.74, 6) is 0.769. The van der Waals surface area contributed by atoms with Gasteiger partial charge < -0.3 is 9.84 Å². The van der Waals surface area contributed by atoms with Crippen LogP contribution in [0.25, 0.3) is 0 Å². The van der Waals surface area contributed by atoms with E-state index in [0.29, 0.717) is 0 Å². The molecule has 1 N–H and O–H groups in total. The number of aliphatic hydroxyl groups is 1. The molecule has 0 saturated carbocycles. The van der Waals surface area contributed by atoms with Crippen LogP contribution in [0.1, 0.15) is 36.5 Å². The lowest BCUT2D eigenvalue weighted by Gasteiger charge is -2.16. The van der Waals surface area contributed by atoms with Gasteiger partial charge in [0.25, 0.3) is 0 Å². The van der Waals surface area contributed by atoms with Gasteiger partial charge in [0.1, 0.15) is 11.9 Å². The molecule has 1 aromatic rings. The summed E-state index contributed by atoms with van der Waals surface area (Å²) in [6.07, 6.45) is 4.88. The van der Waals surface area contributed by atoms with Crippen LogP contribution in [0.3, 0.4) is 0 Å². The summed E-state index contributed by atoms with van der Waals surface area (Å²) in [5.41, 5.74) is 3.16. The molecule has 0 bridgehead atoms. The predicted octanol–water partition coefficient (Wildman–Crippen LogP) is 3.15. The van der Waals surface area contributed by atoms with Gasteiger partial charge in [0.15, 0.2) is 0 Å². The largest absolute Gasteiger partial charge is 0.496 e. The molecule has 1 atom stereocenters. The summed E-state index contributed by atoms with van der Waals surface area (Å²) in [4.78, 5) is 0. The number of hydrogen-bond donors (Lipinski definition) is 1. The van der Waals surface area contributed by atoms with Crippen LogP contribution in [-0.2, 0) is 0 Å². The van der Waals surface area contributed by atoms with Crippen LogP contribution in [0, 0.1) is 6.92 Å². The minimum atomic E-state index is -0.502. The molecule has 1 aromatic carbocycles. The van der Waals surface area contributed by atoms with Crippen molar-refractivity contribution < 1.29 is 9.84 Å². The van der Waals surface area contributed by atoms with Crippen molar-refractivity contribution in [2.24, 2.45) is 0 Å². The van der Waals surface area contributed by atoms with E-state index in [1.807, 2.05) is 25.1 Å². The third-order valence-electron chi connectivity index (χ3n) is 3.11. The molecular formula is C14H18O2. The van der Waals surface area contributed by atoms with Crippen molar-refractivity contribution in [3.8, 4) is 5.75 Å². The van der Waals surface area contributed by atoms with Crippen molar-refractivity contribution in [2.75, 3.05) is 7.11 Å². The van der Waals surface area contributed by atoms with Gasteiger partial charge in [-0.2, -0.15) is 0 Å². The molecule has 2 rings (SSSR count). The molecular weight excluding hydrogens is 200 g/mol. The molecule has 2 nitrogen and oxygen atoms in total. The highest BCUT2D eigenvalue weighted by atomic mass is 16.5. The highest BCUT2D eigenvalue weighted by molar-refractivity contribution is 5.42. The molecule has 0 saturated heterocycles. The van der Waals surface area contributed by atoms with Gasteiger partial charge in [0, 0.05) is 5.56 Å². The Morgan fingerprint density at radius 3 is 2.81 bits per heavy atom. The topological polar surface area (TPSA) is 29.5 Å². The van der Waals surface area contributed by atoms with Gasteiger partial charge in [0.2, 0.25) is 0 Å². The Hall–Kier alpha value is -1.28. The maximum absolute atomic E-state index is 10.3. The SMILES string of the molecule is COc1ccc(C)cc1C(O)C1=CCCC1. The highest BCUT2D eigenvalue weighted by Gasteiger charge is 2.19. The van der Waals surface area contributed by atoms with Crippen LogP contribution in [0.5, 0.6) is 5.75 Å². The van der Waals surface area contributed by atoms with Crippen molar-refractivity contribution in [1.82, 2.24) is 0 Å². The molecule has 16 heavy (non-hydrogen) atoms. The van der Waals surface area contributed by atoms with E-state index in [0.717, 1.165) is 41.7 Å². The van der Waals surface area contributed by atoms with Crippen molar-refractivity contribution in [3.63, 3.8) is 0 Å². The first-order chi connectivity index (χ1) is 7.72. The Morgan fingerprint density at radius 2 is 2.19 bits per heavy atom. The fourth-order valence-electron chi connectivity index (χ4n) is 2.21. The smallest absolute Gasteiger partial charge is 0.125 e. The molecule has 0 fully saturated rings. The predicted molar refractivity (Wildman–Crippen MR) is 64.6 cm³/mol. The number of allylic oxidation sites excluding steroid dienone is 1. The van der Waals surface area contributed by atoms with Crippen molar-refractivity contribution >= 4 is 0 Å². The second-order valence-corrected chi connectivity index (χ2v) is 4.32. The molecule has 1 aliphatic carbocycles. The average Bonchev–Trinajstić information content (AvgIpc) is 2.81. The number of rotatable bonds is 3. The first kappa shape index (κ1) is 11.2. The second-order valence-electron chi connectivity index (χ2n) is 4.32. The molecule has 0 radical (unpaired) electrons. The third-order valence-corrected chi connectivity index (χ3v) is 3.11. The van der Waals surface area contributed by atoms with E-state index in [1.54, 1.807) is 7.11 Å². The monoisotopic (exact) mass is 218 g/mol. The molecule has 2 heteroatoms. The van der Waals surface area contributed by atoms with Crippen LogP contribution >= 0.6 is 0 Å². The Morgan fingerprint density at radius 1 is 1.38 bits per heavy atom. The molecule has 1 unspecified atom stereocenters. The lowest BCUT2D eigenvalue weighted by Crippen LogP contribution is -2.03. The first-order valence-electron chi connectivity index (χ1n) is 5.74. The van der Waals surface area contributed by atoms with Crippen LogP contribution in [0.2, 0.25) is 0 Å². The zero-order valence-electron chi connectivity index (χ0n) is 9.86. The summed E-state index contributed by atoms with van der Waals surface area (Å²) >= 11 is 0. The molecule has 0 heterocycles. The molecule has 86 valence electrons. The fourth-order valence-corrected chi connectivity index (χ4v) is 2.21. The Labute approximate surface area is 96.6 Å². The van der Waals surface area contributed by atoms with E-state index in [2.05, 4.69) is 6.08 Å². The van der Waals surface area contributed by atoms with Gasteiger partial charge in [0.05, 0.1) is 7.11 Å². The van der Waals surface area contributed by atoms with Gasteiger partial charge in [-0.15, -0.1) is 0 Å². The van der Waals surface area contributed by atoms with E-state index in [-0.39, 0.29) is 0 Å². The third kappa shape index (κ3) is 2.12. The molecule has 1 aliphatic rings. The summed E-state index contributed by atoms with van der Waals surface area (Å²) in [7, 11) is 1.64. The number of hydrogen-bond acceptors (Lipinski definition) is 2. The van der Waals surface area contributed by atoms with Crippen LogP contribution in [-0.4, -0.2) is 12.2 Å². The number of aryl methyl sites for hydroxylation is 1. The second kappa shape index (κ2) is 4.71. The number of ether oxygens (including phenoxy) is 1. The lowest BCUT2D eigenvalue weighted by molar-refractivity contribution is 0.207. The molecule has 0 aromatic heterocycles. The van der Waals surface area contributed by atoms with Crippen molar-refractivity contribution in [2.45, 2.75) is 32.3 Å². The minimum Gasteiger partial charge on any atom is -0.496 e.